The van der Waals surface area contributed by atoms with Crippen LogP contribution in [0.15, 0.2) is 33.9 Å². The van der Waals surface area contributed by atoms with Gasteiger partial charge in [-0.25, -0.2) is 9.59 Å². The molecule has 2 rings (SSSR count). The molecule has 140 valence electrons. The van der Waals surface area contributed by atoms with Gasteiger partial charge in [-0.15, -0.1) is 0 Å². The van der Waals surface area contributed by atoms with Crippen LogP contribution in [0.25, 0.3) is 0 Å². The van der Waals surface area contributed by atoms with E-state index in [1.54, 1.807) is 32.0 Å². The molecule has 1 aliphatic heterocycles. The molecule has 0 amide bonds. The second-order valence-electron chi connectivity index (χ2n) is 5.35. The molecule has 0 saturated carbocycles. The molecular formula is C17H19BrN2O5S. The van der Waals surface area contributed by atoms with Gasteiger partial charge in [-0.2, -0.15) is 0 Å². The Morgan fingerprint density at radius 3 is 2.69 bits per heavy atom. The minimum atomic E-state index is -0.477. The van der Waals surface area contributed by atoms with Crippen LogP contribution in [-0.2, 0) is 19.1 Å². The molecule has 1 aliphatic rings. The first-order chi connectivity index (χ1) is 12.4. The lowest BCUT2D eigenvalue weighted by atomic mass is 9.95. The van der Waals surface area contributed by atoms with E-state index in [1.165, 1.54) is 7.11 Å². The highest BCUT2D eigenvalue weighted by Crippen LogP contribution is 2.33. The smallest absolute Gasteiger partial charge is 0.343 e. The quantitative estimate of drug-likeness (QED) is 0.512. The summed E-state index contributed by atoms with van der Waals surface area (Å²) < 4.78 is 15.7. The van der Waals surface area contributed by atoms with Crippen LogP contribution in [0.3, 0.4) is 0 Å². The van der Waals surface area contributed by atoms with Crippen LogP contribution >= 0.6 is 28.1 Å². The van der Waals surface area contributed by atoms with Gasteiger partial charge in [0.25, 0.3) is 0 Å². The van der Waals surface area contributed by atoms with E-state index in [2.05, 4.69) is 31.3 Å². The summed E-state index contributed by atoms with van der Waals surface area (Å²) in [5.41, 5.74) is 1.88. The van der Waals surface area contributed by atoms with Gasteiger partial charge >= 0.3 is 11.9 Å². The second kappa shape index (κ2) is 9.00. The molecule has 0 saturated heterocycles. The zero-order valence-corrected chi connectivity index (χ0v) is 17.0. The number of carbonyl (C=O) groups excluding carboxylic acids is 2. The number of carbonyl (C=O) groups is 2. The van der Waals surface area contributed by atoms with E-state index in [0.29, 0.717) is 26.6 Å². The fourth-order valence-corrected chi connectivity index (χ4v) is 3.21. The molecule has 7 nitrogen and oxygen atoms in total. The predicted octanol–water partition coefficient (Wildman–Crippen LogP) is 2.36. The average molecular weight is 443 g/mol. The van der Waals surface area contributed by atoms with Gasteiger partial charge in [-0.1, -0.05) is 6.07 Å². The van der Waals surface area contributed by atoms with Crippen LogP contribution < -0.4 is 15.4 Å². The molecule has 2 N–H and O–H groups in total. The third kappa shape index (κ3) is 4.73. The van der Waals surface area contributed by atoms with Crippen LogP contribution in [-0.4, -0.2) is 37.4 Å². The van der Waals surface area contributed by atoms with Crippen molar-refractivity contribution in [2.45, 2.75) is 19.9 Å². The minimum Gasteiger partial charge on any atom is -0.481 e. The van der Waals surface area contributed by atoms with Crippen molar-refractivity contribution in [1.29, 1.82) is 0 Å². The highest BCUT2D eigenvalue weighted by Gasteiger charge is 2.31. The molecule has 1 heterocycles. The van der Waals surface area contributed by atoms with Crippen molar-refractivity contribution in [2.75, 3.05) is 20.3 Å². The van der Waals surface area contributed by atoms with E-state index in [4.69, 9.17) is 21.7 Å². The summed E-state index contributed by atoms with van der Waals surface area (Å²) in [5.74, 6) is -0.414. The highest BCUT2D eigenvalue weighted by atomic mass is 79.9. The Morgan fingerprint density at radius 2 is 2.08 bits per heavy atom. The summed E-state index contributed by atoms with van der Waals surface area (Å²) in [6, 6.07) is 4.82. The summed E-state index contributed by atoms with van der Waals surface area (Å²) in [7, 11) is 1.29. The van der Waals surface area contributed by atoms with Gasteiger partial charge in [0.05, 0.1) is 29.8 Å². The van der Waals surface area contributed by atoms with Crippen molar-refractivity contribution in [2.24, 2.45) is 0 Å². The molecule has 26 heavy (non-hydrogen) atoms. The molecule has 0 aliphatic carbocycles. The first-order valence-electron chi connectivity index (χ1n) is 7.81. The Kier molecular flexibility index (Phi) is 6.98. The topological polar surface area (TPSA) is 85.9 Å². The summed E-state index contributed by atoms with van der Waals surface area (Å²) >= 11 is 8.63. The van der Waals surface area contributed by atoms with Crippen LogP contribution in [0.5, 0.6) is 5.75 Å². The van der Waals surface area contributed by atoms with E-state index in [9.17, 15) is 9.59 Å². The number of thiocarbonyl (C=S) groups is 1. The van der Waals surface area contributed by atoms with Crippen molar-refractivity contribution in [3.8, 4) is 5.75 Å². The molecule has 0 radical (unpaired) electrons. The average Bonchev–Trinajstić information content (AvgIpc) is 2.59. The van der Waals surface area contributed by atoms with E-state index in [1.807, 2.05) is 0 Å². The number of methoxy groups -OCH3 is 1. The van der Waals surface area contributed by atoms with Crippen LogP contribution in [0, 0.1) is 0 Å². The van der Waals surface area contributed by atoms with Gasteiger partial charge in [0.15, 0.2) is 11.7 Å². The molecular weight excluding hydrogens is 424 g/mol. The summed E-state index contributed by atoms with van der Waals surface area (Å²) in [4.78, 5) is 23.6. The molecule has 0 fully saturated rings. The first-order valence-corrected chi connectivity index (χ1v) is 9.02. The van der Waals surface area contributed by atoms with E-state index < -0.39 is 18.0 Å². The maximum Gasteiger partial charge on any atom is 0.343 e. The number of allylic oxidation sites excluding steroid dienone is 1. The number of rotatable bonds is 6. The molecule has 0 unspecified atom stereocenters. The van der Waals surface area contributed by atoms with Crippen LogP contribution in [0.2, 0.25) is 0 Å². The number of hydrogen-bond acceptors (Lipinski definition) is 6. The third-order valence-corrected chi connectivity index (χ3v) is 4.47. The standard InChI is InChI=1S/C17H19BrN2O5S/c1-4-24-16(22)14-9(2)19-17(26)20-15(14)10-5-6-12(11(18)7-10)25-8-13(21)23-3/h5-7,15H,4,8H2,1-3H3,(H2,19,20,26)/t15-/m1/s1. The number of esters is 2. The lowest BCUT2D eigenvalue weighted by Gasteiger charge is -2.30. The number of nitrogens with one attached hydrogen (secondary N) is 2. The normalized spacial score (nSPS) is 16.5. The first kappa shape index (κ1) is 20.2. The molecule has 0 aromatic heterocycles. The molecule has 1 atom stereocenters. The molecule has 1 aromatic rings. The van der Waals surface area contributed by atoms with Gasteiger partial charge in [-0.3, -0.25) is 0 Å². The fraction of sp³-hybridized carbons (Fsp3) is 0.353. The molecule has 1 aromatic carbocycles. The zero-order valence-electron chi connectivity index (χ0n) is 14.6. The molecule has 0 spiro atoms. The fourth-order valence-electron chi connectivity index (χ4n) is 2.43. The van der Waals surface area contributed by atoms with Gasteiger partial charge in [-0.05, 0) is 59.7 Å². The maximum absolute atomic E-state index is 12.4. The van der Waals surface area contributed by atoms with Gasteiger partial charge < -0.3 is 24.8 Å². The van der Waals surface area contributed by atoms with Crippen molar-refractivity contribution < 1.29 is 23.8 Å². The van der Waals surface area contributed by atoms with E-state index in [-0.39, 0.29) is 13.2 Å². The van der Waals surface area contributed by atoms with Crippen LogP contribution in [0.4, 0.5) is 0 Å². The minimum absolute atomic E-state index is 0.197. The Bertz CT molecular complexity index is 766. The Hall–Kier alpha value is -2.13. The Balaban J connectivity index is 2.31. The van der Waals surface area contributed by atoms with Crippen LogP contribution in [0.1, 0.15) is 25.5 Å². The highest BCUT2D eigenvalue weighted by molar-refractivity contribution is 9.10. The maximum atomic E-state index is 12.4. The van der Waals surface area contributed by atoms with Gasteiger partial charge in [0, 0.05) is 5.70 Å². The third-order valence-electron chi connectivity index (χ3n) is 3.63. The van der Waals surface area contributed by atoms with Crippen molar-refractivity contribution in [3.63, 3.8) is 0 Å². The predicted molar refractivity (Wildman–Crippen MR) is 103 cm³/mol. The number of hydrogen-bond donors (Lipinski definition) is 2. The van der Waals surface area contributed by atoms with Gasteiger partial charge in [0.2, 0.25) is 0 Å². The van der Waals surface area contributed by atoms with Gasteiger partial charge in [0.1, 0.15) is 5.75 Å². The second-order valence-corrected chi connectivity index (χ2v) is 6.61. The summed E-state index contributed by atoms with van der Waals surface area (Å²) in [6.07, 6.45) is 0. The monoisotopic (exact) mass is 442 g/mol. The number of ether oxygens (including phenoxy) is 3. The zero-order chi connectivity index (χ0) is 19.3. The van der Waals surface area contributed by atoms with Crippen molar-refractivity contribution >= 4 is 45.2 Å². The lowest BCUT2D eigenvalue weighted by Crippen LogP contribution is -2.45. The number of benzene rings is 1. The van der Waals surface area contributed by atoms with Crippen molar-refractivity contribution in [1.82, 2.24) is 10.6 Å². The molecule has 9 heteroatoms. The van der Waals surface area contributed by atoms with E-state index >= 15 is 0 Å². The van der Waals surface area contributed by atoms with Crippen molar-refractivity contribution in [3.05, 3.63) is 39.5 Å². The summed E-state index contributed by atoms with van der Waals surface area (Å²) in [5, 5.41) is 6.45. The molecule has 0 bridgehead atoms. The SMILES string of the molecule is CCOC(=O)C1=C(C)NC(=S)N[C@@H]1c1ccc(OCC(=O)OC)c(Br)c1. The number of halogens is 1. The lowest BCUT2D eigenvalue weighted by molar-refractivity contribution is -0.143. The largest absolute Gasteiger partial charge is 0.481 e. The van der Waals surface area contributed by atoms with E-state index in [0.717, 1.165) is 5.56 Å². The summed E-state index contributed by atoms with van der Waals surface area (Å²) in [6.45, 7) is 3.60. The Morgan fingerprint density at radius 1 is 1.35 bits per heavy atom. The Labute approximate surface area is 165 Å².